The molecule has 1 aromatic carbocycles. The molecular formula is C15H20FN3O. The fourth-order valence-corrected chi connectivity index (χ4v) is 3.45. The quantitative estimate of drug-likeness (QED) is 0.886. The Balaban J connectivity index is 1.96. The smallest absolute Gasteiger partial charge is 0.231 e. The predicted molar refractivity (Wildman–Crippen MR) is 76.0 cm³/mol. The first-order valence-electron chi connectivity index (χ1n) is 7.00. The topological polar surface area (TPSA) is 49.6 Å². The number of amides is 1. The Hall–Kier alpha value is -1.46. The minimum Gasteiger partial charge on any atom is -0.330 e. The summed E-state index contributed by atoms with van der Waals surface area (Å²) in [6.45, 7) is 1.61. The van der Waals surface area contributed by atoms with Gasteiger partial charge >= 0.3 is 0 Å². The van der Waals surface area contributed by atoms with Gasteiger partial charge in [0.15, 0.2) is 0 Å². The molecule has 20 heavy (non-hydrogen) atoms. The summed E-state index contributed by atoms with van der Waals surface area (Å²) in [5.74, 6) is 0.122. The third-order valence-corrected chi connectivity index (χ3v) is 4.57. The summed E-state index contributed by atoms with van der Waals surface area (Å²) < 4.78 is 14.3. The summed E-state index contributed by atoms with van der Waals surface area (Å²) in [6, 6.07) is 3.76. The largest absolute Gasteiger partial charge is 0.330 e. The molecule has 5 heteroatoms. The molecule has 0 spiro atoms. The molecule has 2 aliphatic rings. The van der Waals surface area contributed by atoms with Crippen molar-refractivity contribution in [1.82, 2.24) is 4.90 Å². The lowest BCUT2D eigenvalue weighted by Gasteiger charge is -2.21. The minimum absolute atomic E-state index is 0.0457. The van der Waals surface area contributed by atoms with Gasteiger partial charge in [-0.25, -0.2) is 4.39 Å². The number of likely N-dealkylation sites (N-methyl/N-ethyl adjacent to an activating group) is 1. The van der Waals surface area contributed by atoms with E-state index in [1.807, 2.05) is 13.1 Å². The summed E-state index contributed by atoms with van der Waals surface area (Å²) in [4.78, 5) is 15.3. The molecular weight excluding hydrogens is 257 g/mol. The van der Waals surface area contributed by atoms with Crippen molar-refractivity contribution < 1.29 is 9.18 Å². The third kappa shape index (κ3) is 2.01. The van der Waals surface area contributed by atoms with E-state index in [1.54, 1.807) is 13.1 Å². The van der Waals surface area contributed by atoms with Crippen molar-refractivity contribution in [2.45, 2.75) is 18.9 Å². The van der Waals surface area contributed by atoms with Crippen LogP contribution in [0.4, 0.5) is 10.1 Å². The third-order valence-electron chi connectivity index (χ3n) is 4.57. The van der Waals surface area contributed by atoms with E-state index in [0.717, 1.165) is 24.1 Å². The predicted octanol–water partition coefficient (Wildman–Crippen LogP) is 1.30. The first kappa shape index (κ1) is 13.5. The van der Waals surface area contributed by atoms with Crippen LogP contribution in [-0.4, -0.2) is 38.0 Å². The van der Waals surface area contributed by atoms with Crippen molar-refractivity contribution in [2.75, 3.05) is 32.1 Å². The highest BCUT2D eigenvalue weighted by atomic mass is 19.1. The van der Waals surface area contributed by atoms with Crippen LogP contribution >= 0.6 is 0 Å². The van der Waals surface area contributed by atoms with Crippen molar-refractivity contribution in [2.24, 2.45) is 11.7 Å². The molecule has 0 aromatic heterocycles. The summed E-state index contributed by atoms with van der Waals surface area (Å²) in [6.07, 6.45) is 1.25. The van der Waals surface area contributed by atoms with Gasteiger partial charge in [0, 0.05) is 19.6 Å². The number of likely N-dealkylation sites (tertiary alicyclic amines) is 1. The number of fused-ring (bicyclic) bond motifs is 1. The maximum absolute atomic E-state index is 14.3. The van der Waals surface area contributed by atoms with Crippen LogP contribution in [0.5, 0.6) is 0 Å². The molecule has 0 radical (unpaired) electrons. The average molecular weight is 277 g/mol. The summed E-state index contributed by atoms with van der Waals surface area (Å²) >= 11 is 0. The molecule has 0 bridgehead atoms. The minimum atomic E-state index is -0.296. The van der Waals surface area contributed by atoms with Gasteiger partial charge in [-0.2, -0.15) is 0 Å². The van der Waals surface area contributed by atoms with Crippen LogP contribution in [-0.2, 0) is 11.2 Å². The van der Waals surface area contributed by atoms with Gasteiger partial charge in [0.1, 0.15) is 5.82 Å². The Morgan fingerprint density at radius 1 is 1.40 bits per heavy atom. The van der Waals surface area contributed by atoms with E-state index in [0.29, 0.717) is 24.6 Å². The average Bonchev–Trinajstić information content (AvgIpc) is 2.91. The second-order valence-electron chi connectivity index (χ2n) is 5.93. The van der Waals surface area contributed by atoms with Crippen LogP contribution in [0.2, 0.25) is 0 Å². The lowest BCUT2D eigenvalue weighted by Crippen LogP contribution is -2.21. The van der Waals surface area contributed by atoms with Crippen molar-refractivity contribution in [3.8, 4) is 0 Å². The van der Waals surface area contributed by atoms with Gasteiger partial charge in [-0.05, 0) is 43.1 Å². The SMILES string of the molecule is CN1C(=O)Cc2cc(C3CC(CN)CN3C)cc(F)c21. The van der Waals surface area contributed by atoms with Crippen LogP contribution < -0.4 is 10.6 Å². The zero-order valence-corrected chi connectivity index (χ0v) is 11.9. The zero-order chi connectivity index (χ0) is 14.4. The van der Waals surface area contributed by atoms with E-state index in [4.69, 9.17) is 5.73 Å². The lowest BCUT2D eigenvalue weighted by molar-refractivity contribution is -0.117. The number of rotatable bonds is 2. The van der Waals surface area contributed by atoms with Gasteiger partial charge in [-0.15, -0.1) is 0 Å². The molecule has 2 heterocycles. The number of nitrogens with zero attached hydrogens (tertiary/aromatic N) is 2. The molecule has 2 unspecified atom stereocenters. The van der Waals surface area contributed by atoms with E-state index < -0.39 is 0 Å². The second kappa shape index (κ2) is 4.82. The van der Waals surface area contributed by atoms with E-state index in [1.165, 1.54) is 4.90 Å². The molecule has 1 saturated heterocycles. The Morgan fingerprint density at radius 3 is 2.80 bits per heavy atom. The fourth-order valence-electron chi connectivity index (χ4n) is 3.45. The highest BCUT2D eigenvalue weighted by Crippen LogP contribution is 2.38. The number of halogens is 1. The standard InChI is InChI=1S/C15H20FN3O/c1-18-8-9(7-17)3-13(18)10-4-11-6-14(20)19(2)15(11)12(16)5-10/h4-5,9,13H,3,6-8,17H2,1-2H3. The number of anilines is 1. The van der Waals surface area contributed by atoms with Crippen LogP contribution in [0.25, 0.3) is 0 Å². The van der Waals surface area contributed by atoms with Crippen LogP contribution in [0.15, 0.2) is 12.1 Å². The number of benzene rings is 1. The Labute approximate surface area is 118 Å². The number of hydrogen-bond acceptors (Lipinski definition) is 3. The molecule has 1 aromatic rings. The first-order chi connectivity index (χ1) is 9.51. The number of carbonyl (C=O) groups excluding carboxylic acids is 1. The van der Waals surface area contributed by atoms with Crippen molar-refractivity contribution in [3.63, 3.8) is 0 Å². The highest BCUT2D eigenvalue weighted by molar-refractivity contribution is 6.01. The molecule has 3 rings (SSSR count). The summed E-state index contributed by atoms with van der Waals surface area (Å²) in [7, 11) is 3.67. The molecule has 4 nitrogen and oxygen atoms in total. The summed E-state index contributed by atoms with van der Waals surface area (Å²) in [5, 5.41) is 0. The van der Waals surface area contributed by atoms with Gasteiger partial charge < -0.3 is 10.6 Å². The van der Waals surface area contributed by atoms with E-state index >= 15 is 0 Å². The van der Waals surface area contributed by atoms with Crippen LogP contribution in [0.3, 0.4) is 0 Å². The molecule has 0 aliphatic carbocycles. The summed E-state index contributed by atoms with van der Waals surface area (Å²) in [5.41, 5.74) is 7.94. The second-order valence-corrected chi connectivity index (χ2v) is 5.93. The van der Waals surface area contributed by atoms with Gasteiger partial charge in [-0.1, -0.05) is 6.07 Å². The van der Waals surface area contributed by atoms with Crippen LogP contribution in [0, 0.1) is 11.7 Å². The lowest BCUT2D eigenvalue weighted by atomic mass is 9.97. The van der Waals surface area contributed by atoms with Gasteiger partial charge in [-0.3, -0.25) is 9.69 Å². The van der Waals surface area contributed by atoms with Gasteiger partial charge in [0.2, 0.25) is 5.91 Å². The monoisotopic (exact) mass is 277 g/mol. The Kier molecular flexibility index (Phi) is 3.26. The van der Waals surface area contributed by atoms with Crippen LogP contribution in [0.1, 0.15) is 23.6 Å². The first-order valence-corrected chi connectivity index (χ1v) is 7.00. The van der Waals surface area contributed by atoms with E-state index in [-0.39, 0.29) is 17.8 Å². The Morgan fingerprint density at radius 2 is 2.15 bits per heavy atom. The highest BCUT2D eigenvalue weighted by Gasteiger charge is 2.33. The molecule has 0 saturated carbocycles. The number of carbonyl (C=O) groups is 1. The van der Waals surface area contributed by atoms with E-state index in [2.05, 4.69) is 4.90 Å². The molecule has 108 valence electrons. The van der Waals surface area contributed by atoms with Crippen molar-refractivity contribution in [1.29, 1.82) is 0 Å². The molecule has 2 atom stereocenters. The normalized spacial score (nSPS) is 26.4. The Bertz CT molecular complexity index is 560. The van der Waals surface area contributed by atoms with Gasteiger partial charge in [0.25, 0.3) is 0 Å². The van der Waals surface area contributed by atoms with Crippen molar-refractivity contribution >= 4 is 11.6 Å². The molecule has 1 amide bonds. The number of hydrogen-bond donors (Lipinski definition) is 1. The van der Waals surface area contributed by atoms with Crippen molar-refractivity contribution in [3.05, 3.63) is 29.1 Å². The molecule has 2 aliphatic heterocycles. The maximum atomic E-state index is 14.3. The maximum Gasteiger partial charge on any atom is 0.231 e. The molecule has 2 N–H and O–H groups in total. The fraction of sp³-hybridized carbons (Fsp3) is 0.533. The van der Waals surface area contributed by atoms with Gasteiger partial charge in [0.05, 0.1) is 12.1 Å². The number of nitrogens with two attached hydrogens (primary N) is 1. The zero-order valence-electron chi connectivity index (χ0n) is 11.9. The van der Waals surface area contributed by atoms with E-state index in [9.17, 15) is 9.18 Å². The molecule has 1 fully saturated rings.